The van der Waals surface area contributed by atoms with Gasteiger partial charge in [0.15, 0.2) is 0 Å². The van der Waals surface area contributed by atoms with Gasteiger partial charge in [-0.1, -0.05) is 19.1 Å². The molecule has 3 rings (SSSR count). The minimum atomic E-state index is -1.11. The number of aromatic carboxylic acids is 1. The summed E-state index contributed by atoms with van der Waals surface area (Å²) in [6, 6.07) is 8.61. The number of aromatic nitrogens is 1. The maximum atomic E-state index is 13.6. The molecule has 1 aliphatic heterocycles. The van der Waals surface area contributed by atoms with Crippen molar-refractivity contribution in [1.29, 1.82) is 0 Å². The minimum absolute atomic E-state index is 0.0166. The summed E-state index contributed by atoms with van der Waals surface area (Å²) in [5.41, 5.74) is 0.844. The molecule has 2 atom stereocenters. The molecule has 124 valence electrons. The van der Waals surface area contributed by atoms with Crippen molar-refractivity contribution in [3.63, 3.8) is 0 Å². The molecule has 2 heterocycles. The molecule has 0 bridgehead atoms. The number of benzene rings is 1. The lowest BCUT2D eigenvalue weighted by Gasteiger charge is -2.27. The van der Waals surface area contributed by atoms with Gasteiger partial charge in [-0.2, -0.15) is 0 Å². The van der Waals surface area contributed by atoms with E-state index in [1.807, 2.05) is 6.92 Å². The highest BCUT2D eigenvalue weighted by atomic mass is 19.1. The first-order valence-corrected chi connectivity index (χ1v) is 7.73. The molecule has 0 saturated carbocycles. The second kappa shape index (κ2) is 6.39. The van der Waals surface area contributed by atoms with Crippen LogP contribution in [0.3, 0.4) is 0 Å². The summed E-state index contributed by atoms with van der Waals surface area (Å²) in [5, 5.41) is 9.06. The van der Waals surface area contributed by atoms with E-state index in [9.17, 15) is 14.0 Å². The van der Waals surface area contributed by atoms with Crippen LogP contribution in [0.1, 0.15) is 45.8 Å². The van der Waals surface area contributed by atoms with Gasteiger partial charge in [0.1, 0.15) is 11.5 Å². The van der Waals surface area contributed by atoms with Gasteiger partial charge < -0.3 is 10.0 Å². The Balaban J connectivity index is 1.93. The Morgan fingerprint density at radius 1 is 1.29 bits per heavy atom. The molecule has 1 fully saturated rings. The SMILES string of the molecule is CC1CCN(C(=O)c2cc(C(=O)O)ccn2)C1c1cccc(F)c1. The number of carbonyl (C=O) groups is 2. The molecule has 0 spiro atoms. The van der Waals surface area contributed by atoms with Gasteiger partial charge in [0, 0.05) is 12.7 Å². The lowest BCUT2D eigenvalue weighted by atomic mass is 9.95. The van der Waals surface area contributed by atoms with Gasteiger partial charge in [-0.05, 0) is 42.2 Å². The molecule has 5 nitrogen and oxygen atoms in total. The quantitative estimate of drug-likeness (QED) is 0.939. The molecule has 1 saturated heterocycles. The average molecular weight is 328 g/mol. The summed E-state index contributed by atoms with van der Waals surface area (Å²) in [5.74, 6) is -1.61. The molecule has 2 aromatic rings. The van der Waals surface area contributed by atoms with Crippen molar-refractivity contribution in [3.8, 4) is 0 Å². The Morgan fingerprint density at radius 3 is 2.79 bits per heavy atom. The molecular formula is C18H17FN2O3. The number of hydrogen-bond acceptors (Lipinski definition) is 3. The fourth-order valence-electron chi connectivity index (χ4n) is 3.20. The van der Waals surface area contributed by atoms with E-state index < -0.39 is 5.97 Å². The Bertz CT molecular complexity index is 793. The number of hydrogen-bond donors (Lipinski definition) is 1. The highest BCUT2D eigenvalue weighted by Crippen LogP contribution is 2.37. The van der Waals surface area contributed by atoms with E-state index in [-0.39, 0.29) is 34.9 Å². The summed E-state index contributed by atoms with van der Waals surface area (Å²) in [6.45, 7) is 2.55. The molecule has 0 aliphatic carbocycles. The number of carboxylic acids is 1. The predicted octanol–water partition coefficient (Wildman–Crippen LogP) is 3.14. The maximum Gasteiger partial charge on any atom is 0.335 e. The fourth-order valence-corrected chi connectivity index (χ4v) is 3.20. The lowest BCUT2D eigenvalue weighted by Crippen LogP contribution is -2.32. The third-order valence-electron chi connectivity index (χ3n) is 4.38. The third-order valence-corrected chi connectivity index (χ3v) is 4.38. The van der Waals surface area contributed by atoms with Gasteiger partial charge in [0.2, 0.25) is 0 Å². The smallest absolute Gasteiger partial charge is 0.335 e. The molecule has 1 N–H and O–H groups in total. The normalized spacial score (nSPS) is 20.2. The number of likely N-dealkylation sites (tertiary alicyclic amines) is 1. The van der Waals surface area contributed by atoms with Crippen molar-refractivity contribution >= 4 is 11.9 Å². The molecule has 1 aromatic carbocycles. The monoisotopic (exact) mass is 328 g/mol. The maximum absolute atomic E-state index is 13.6. The summed E-state index contributed by atoms with van der Waals surface area (Å²) >= 11 is 0. The summed E-state index contributed by atoms with van der Waals surface area (Å²) in [7, 11) is 0. The third kappa shape index (κ3) is 2.99. The van der Waals surface area contributed by atoms with Crippen LogP contribution >= 0.6 is 0 Å². The Kier molecular flexibility index (Phi) is 4.29. The van der Waals surface area contributed by atoms with E-state index in [1.54, 1.807) is 17.0 Å². The van der Waals surface area contributed by atoms with Gasteiger partial charge in [-0.15, -0.1) is 0 Å². The van der Waals surface area contributed by atoms with Crippen LogP contribution in [-0.2, 0) is 0 Å². The largest absolute Gasteiger partial charge is 0.478 e. The van der Waals surface area contributed by atoms with Crippen LogP contribution in [0.5, 0.6) is 0 Å². The number of pyridine rings is 1. The van der Waals surface area contributed by atoms with Crippen molar-refractivity contribution in [1.82, 2.24) is 9.88 Å². The van der Waals surface area contributed by atoms with Crippen molar-refractivity contribution in [2.75, 3.05) is 6.54 Å². The summed E-state index contributed by atoms with van der Waals surface area (Å²) < 4.78 is 13.6. The van der Waals surface area contributed by atoms with Crippen LogP contribution in [-0.4, -0.2) is 33.4 Å². The van der Waals surface area contributed by atoms with Gasteiger partial charge in [0.25, 0.3) is 5.91 Å². The van der Waals surface area contributed by atoms with E-state index >= 15 is 0 Å². The number of halogens is 1. The molecule has 1 aromatic heterocycles. The molecular weight excluding hydrogens is 311 g/mol. The molecule has 6 heteroatoms. The summed E-state index contributed by atoms with van der Waals surface area (Å²) in [6.07, 6.45) is 2.11. The number of rotatable bonds is 3. The van der Waals surface area contributed by atoms with Crippen LogP contribution in [0.25, 0.3) is 0 Å². The molecule has 24 heavy (non-hydrogen) atoms. The van der Waals surface area contributed by atoms with Crippen LogP contribution in [0.2, 0.25) is 0 Å². The van der Waals surface area contributed by atoms with Gasteiger partial charge in [-0.3, -0.25) is 9.78 Å². The lowest BCUT2D eigenvalue weighted by molar-refractivity contribution is 0.0696. The second-order valence-corrected chi connectivity index (χ2v) is 6.00. The van der Waals surface area contributed by atoms with Crippen LogP contribution in [0, 0.1) is 11.7 Å². The number of carbonyl (C=O) groups excluding carboxylic acids is 1. The van der Waals surface area contributed by atoms with Gasteiger partial charge in [-0.25, -0.2) is 9.18 Å². The van der Waals surface area contributed by atoms with E-state index in [2.05, 4.69) is 4.98 Å². The van der Waals surface area contributed by atoms with E-state index in [0.717, 1.165) is 12.0 Å². The van der Waals surface area contributed by atoms with Crippen molar-refractivity contribution in [3.05, 3.63) is 65.2 Å². The first-order valence-electron chi connectivity index (χ1n) is 7.73. The Hall–Kier alpha value is -2.76. The first-order chi connectivity index (χ1) is 11.5. The van der Waals surface area contributed by atoms with Crippen molar-refractivity contribution < 1.29 is 19.1 Å². The zero-order valence-corrected chi connectivity index (χ0v) is 13.1. The standard InChI is InChI=1S/C18H17FN2O3/c1-11-6-8-21(16(11)12-3-2-4-14(19)9-12)17(22)15-10-13(18(23)24)5-7-20-15/h2-5,7,9-11,16H,6,8H2,1H3,(H,23,24). The zero-order chi connectivity index (χ0) is 17.3. The topological polar surface area (TPSA) is 70.5 Å². The first kappa shape index (κ1) is 16.1. The second-order valence-electron chi connectivity index (χ2n) is 6.00. The van der Waals surface area contributed by atoms with Gasteiger partial charge >= 0.3 is 5.97 Å². The van der Waals surface area contributed by atoms with E-state index in [0.29, 0.717) is 6.54 Å². The fraction of sp³-hybridized carbons (Fsp3) is 0.278. The number of amides is 1. The number of carboxylic acid groups (broad SMARTS) is 1. The zero-order valence-electron chi connectivity index (χ0n) is 13.1. The minimum Gasteiger partial charge on any atom is -0.478 e. The van der Waals surface area contributed by atoms with Crippen molar-refractivity contribution in [2.24, 2.45) is 5.92 Å². The highest BCUT2D eigenvalue weighted by molar-refractivity contribution is 5.96. The highest BCUT2D eigenvalue weighted by Gasteiger charge is 2.36. The molecule has 0 radical (unpaired) electrons. The van der Waals surface area contributed by atoms with Crippen LogP contribution in [0.4, 0.5) is 4.39 Å². The van der Waals surface area contributed by atoms with Crippen LogP contribution in [0.15, 0.2) is 42.6 Å². The Labute approximate surface area is 138 Å². The van der Waals surface area contributed by atoms with Crippen molar-refractivity contribution in [2.45, 2.75) is 19.4 Å². The molecule has 2 unspecified atom stereocenters. The number of nitrogens with zero attached hydrogens (tertiary/aromatic N) is 2. The van der Waals surface area contributed by atoms with Gasteiger partial charge in [0.05, 0.1) is 11.6 Å². The molecule has 1 aliphatic rings. The predicted molar refractivity (Wildman–Crippen MR) is 85.2 cm³/mol. The van der Waals surface area contributed by atoms with E-state index in [4.69, 9.17) is 5.11 Å². The Morgan fingerprint density at radius 2 is 2.08 bits per heavy atom. The van der Waals surface area contributed by atoms with E-state index in [1.165, 1.54) is 30.5 Å². The molecule has 1 amide bonds. The average Bonchev–Trinajstić information content (AvgIpc) is 2.96. The van der Waals surface area contributed by atoms with Crippen LogP contribution < -0.4 is 0 Å². The summed E-state index contributed by atoms with van der Waals surface area (Å²) in [4.78, 5) is 29.5.